The number of fused-ring (bicyclic) bond motifs is 5. The number of Topliss-reactive ketones (excluding diaryl/α,β-unsaturated/α-hetero) is 1. The van der Waals surface area contributed by atoms with Crippen molar-refractivity contribution < 1.29 is 19.4 Å². The van der Waals surface area contributed by atoms with E-state index in [0.29, 0.717) is 30.1 Å². The minimum absolute atomic E-state index is 0.0153. The molecule has 3 N–H and O–H groups in total. The Morgan fingerprint density at radius 3 is 2.50 bits per heavy atom. The zero-order valence-corrected chi connectivity index (χ0v) is 21.4. The number of hydrogen-bond acceptors (Lipinski definition) is 5. The summed E-state index contributed by atoms with van der Waals surface area (Å²) in [5.41, 5.74) is 7.25. The van der Waals surface area contributed by atoms with Gasteiger partial charge >= 0.3 is 0 Å². The van der Waals surface area contributed by atoms with Gasteiger partial charge in [0.2, 0.25) is 0 Å². The highest BCUT2D eigenvalue weighted by molar-refractivity contribution is 6.01. The number of hydrogen-bond donors (Lipinski definition) is 2. The van der Waals surface area contributed by atoms with Gasteiger partial charge in [-0.05, 0) is 100 Å². The molecule has 4 fully saturated rings. The number of carbonyl (C=O) groups excluding carboxylic acids is 1. The van der Waals surface area contributed by atoms with E-state index in [4.69, 9.17) is 15.2 Å². The topological polar surface area (TPSA) is 81.8 Å². The summed E-state index contributed by atoms with van der Waals surface area (Å²) in [4.78, 5) is 13.8. The van der Waals surface area contributed by atoms with Crippen LogP contribution in [-0.2, 0) is 4.74 Å². The average molecular weight is 470 g/mol. The number of ether oxygens (including phenoxy) is 2. The van der Waals surface area contributed by atoms with E-state index < -0.39 is 5.60 Å². The van der Waals surface area contributed by atoms with Crippen LogP contribution in [-0.4, -0.2) is 42.9 Å². The van der Waals surface area contributed by atoms with Crippen molar-refractivity contribution in [2.24, 2.45) is 40.2 Å². The van der Waals surface area contributed by atoms with E-state index >= 15 is 0 Å². The lowest BCUT2D eigenvalue weighted by atomic mass is 9.40. The first-order valence-electron chi connectivity index (χ1n) is 13.3. The molecule has 1 aromatic rings. The molecular formula is C29H43NO4. The van der Waals surface area contributed by atoms with Crippen molar-refractivity contribution in [1.29, 1.82) is 0 Å². The van der Waals surface area contributed by atoms with Crippen molar-refractivity contribution in [3.63, 3.8) is 0 Å². The fraction of sp³-hybridized carbons (Fsp3) is 0.759. The van der Waals surface area contributed by atoms with Crippen LogP contribution in [0.25, 0.3) is 0 Å². The van der Waals surface area contributed by atoms with Crippen LogP contribution in [0.4, 0.5) is 0 Å². The van der Waals surface area contributed by atoms with E-state index in [-0.39, 0.29) is 28.1 Å². The number of aliphatic hydroxyl groups is 1. The standard InChI is InChI=1S/C29H43NO4/c1-26(32)13-15-28(18-33-3)19(17-26)9-10-22-21-11-12-23(27(21,2)14-16-29(22,28)30)25(31)20-7-5-6-8-24(20)34-4/h5-8,19,21-23,32H,9-18,30H2,1-4H3/t19-,21-,22?,23?,26+,27?,28?,29+/m0/s1. The SMILES string of the molecule is COCC12CC[C@@](C)(O)C[C@@H]1CCC1[C@@H]3CCC(C(=O)c4ccccc4OC)C3(C)CC[C@@]12N. The summed E-state index contributed by atoms with van der Waals surface area (Å²) in [5, 5.41) is 10.9. The summed E-state index contributed by atoms with van der Waals surface area (Å²) in [6.45, 7) is 5.03. The van der Waals surface area contributed by atoms with Crippen LogP contribution < -0.4 is 10.5 Å². The summed E-state index contributed by atoms with van der Waals surface area (Å²) < 4.78 is 11.4. The fourth-order valence-electron chi connectivity index (χ4n) is 9.33. The number of carbonyl (C=O) groups is 1. The van der Waals surface area contributed by atoms with Gasteiger partial charge in [-0.15, -0.1) is 0 Å². The third-order valence-corrected chi connectivity index (χ3v) is 11.1. The first-order chi connectivity index (χ1) is 16.1. The van der Waals surface area contributed by atoms with E-state index in [2.05, 4.69) is 6.92 Å². The van der Waals surface area contributed by atoms with Crippen LogP contribution in [0.2, 0.25) is 0 Å². The number of para-hydroxylation sites is 1. The molecule has 0 radical (unpaired) electrons. The molecule has 0 heterocycles. The maximum Gasteiger partial charge on any atom is 0.170 e. The molecule has 4 aliphatic rings. The van der Waals surface area contributed by atoms with Gasteiger partial charge < -0.3 is 20.3 Å². The molecule has 0 aromatic heterocycles. The highest BCUT2D eigenvalue weighted by Crippen LogP contribution is 2.69. The van der Waals surface area contributed by atoms with Gasteiger partial charge in [-0.2, -0.15) is 0 Å². The molecule has 188 valence electrons. The lowest BCUT2D eigenvalue weighted by molar-refractivity contribution is -0.185. The first kappa shape index (κ1) is 24.3. The lowest BCUT2D eigenvalue weighted by Crippen LogP contribution is -2.73. The maximum absolute atomic E-state index is 13.8. The van der Waals surface area contributed by atoms with Gasteiger partial charge in [0.15, 0.2) is 5.78 Å². The van der Waals surface area contributed by atoms with Crippen LogP contribution in [0.5, 0.6) is 5.75 Å². The van der Waals surface area contributed by atoms with Crippen LogP contribution in [0, 0.1) is 34.5 Å². The second kappa shape index (κ2) is 8.31. The Morgan fingerprint density at radius 2 is 1.76 bits per heavy atom. The molecule has 0 bridgehead atoms. The molecular weight excluding hydrogens is 426 g/mol. The second-order valence-electron chi connectivity index (χ2n) is 12.5. The lowest BCUT2D eigenvalue weighted by Gasteiger charge is -2.67. The predicted molar refractivity (Wildman–Crippen MR) is 133 cm³/mol. The fourth-order valence-corrected chi connectivity index (χ4v) is 9.33. The molecule has 4 unspecified atom stereocenters. The number of benzene rings is 1. The Bertz CT molecular complexity index is 946. The van der Waals surface area contributed by atoms with Crippen molar-refractivity contribution in [2.45, 2.75) is 82.8 Å². The highest BCUT2D eigenvalue weighted by atomic mass is 16.5. The quantitative estimate of drug-likeness (QED) is 0.594. The van der Waals surface area contributed by atoms with Crippen molar-refractivity contribution >= 4 is 5.78 Å². The maximum atomic E-state index is 13.8. The van der Waals surface area contributed by atoms with Crippen LogP contribution in [0.15, 0.2) is 24.3 Å². The Labute approximate surface area is 204 Å². The molecule has 5 heteroatoms. The van der Waals surface area contributed by atoms with Crippen molar-refractivity contribution in [3.8, 4) is 5.75 Å². The van der Waals surface area contributed by atoms with Crippen molar-refractivity contribution in [1.82, 2.24) is 0 Å². The van der Waals surface area contributed by atoms with Gasteiger partial charge in [-0.25, -0.2) is 0 Å². The van der Waals surface area contributed by atoms with Crippen molar-refractivity contribution in [2.75, 3.05) is 20.8 Å². The second-order valence-corrected chi connectivity index (χ2v) is 12.5. The Kier molecular flexibility index (Phi) is 5.94. The Balaban J connectivity index is 1.47. The summed E-state index contributed by atoms with van der Waals surface area (Å²) in [7, 11) is 3.44. The molecule has 0 aliphatic heterocycles. The summed E-state index contributed by atoms with van der Waals surface area (Å²) >= 11 is 0. The monoisotopic (exact) mass is 469 g/mol. The molecule has 0 amide bonds. The normalized spacial score (nSPS) is 45.7. The molecule has 1 aromatic carbocycles. The minimum Gasteiger partial charge on any atom is -0.496 e. The summed E-state index contributed by atoms with van der Waals surface area (Å²) in [5.74, 6) is 2.18. The van der Waals surface area contributed by atoms with Gasteiger partial charge in [0.05, 0.1) is 24.9 Å². The Morgan fingerprint density at radius 1 is 1.03 bits per heavy atom. The number of nitrogens with two attached hydrogens (primary N) is 1. The van der Waals surface area contributed by atoms with E-state index in [0.717, 1.165) is 63.4 Å². The molecule has 0 spiro atoms. The van der Waals surface area contributed by atoms with Crippen LogP contribution in [0.3, 0.4) is 0 Å². The zero-order chi connectivity index (χ0) is 24.4. The summed E-state index contributed by atoms with van der Waals surface area (Å²) in [6.07, 6.45) is 8.64. The van der Waals surface area contributed by atoms with E-state index in [1.807, 2.05) is 31.2 Å². The number of rotatable bonds is 5. The third-order valence-electron chi connectivity index (χ3n) is 11.1. The molecule has 34 heavy (non-hydrogen) atoms. The van der Waals surface area contributed by atoms with Gasteiger partial charge in [0.1, 0.15) is 5.75 Å². The Hall–Kier alpha value is -1.43. The van der Waals surface area contributed by atoms with E-state index in [1.54, 1.807) is 14.2 Å². The average Bonchev–Trinajstić information content (AvgIpc) is 3.16. The molecule has 4 saturated carbocycles. The van der Waals surface area contributed by atoms with E-state index in [1.165, 1.54) is 0 Å². The predicted octanol–water partition coefficient (Wildman–Crippen LogP) is 5.00. The zero-order valence-electron chi connectivity index (χ0n) is 21.4. The largest absolute Gasteiger partial charge is 0.496 e. The smallest absolute Gasteiger partial charge is 0.170 e. The molecule has 8 atom stereocenters. The van der Waals surface area contributed by atoms with Crippen LogP contribution >= 0.6 is 0 Å². The van der Waals surface area contributed by atoms with Gasteiger partial charge in [-0.1, -0.05) is 19.1 Å². The highest BCUT2D eigenvalue weighted by Gasteiger charge is 2.68. The van der Waals surface area contributed by atoms with E-state index in [9.17, 15) is 9.90 Å². The number of ketones is 1. The van der Waals surface area contributed by atoms with Crippen molar-refractivity contribution in [3.05, 3.63) is 29.8 Å². The molecule has 4 aliphatic carbocycles. The molecule has 0 saturated heterocycles. The van der Waals surface area contributed by atoms with Crippen LogP contribution in [0.1, 0.15) is 82.0 Å². The summed E-state index contributed by atoms with van der Waals surface area (Å²) in [6, 6.07) is 7.67. The molecule has 5 rings (SSSR count). The van der Waals surface area contributed by atoms with Gasteiger partial charge in [0, 0.05) is 24.0 Å². The number of methoxy groups -OCH3 is 2. The van der Waals surface area contributed by atoms with Gasteiger partial charge in [-0.3, -0.25) is 4.79 Å². The molecule has 5 nitrogen and oxygen atoms in total. The van der Waals surface area contributed by atoms with Gasteiger partial charge in [0.25, 0.3) is 0 Å². The first-order valence-corrected chi connectivity index (χ1v) is 13.3. The minimum atomic E-state index is -0.603. The third kappa shape index (κ3) is 3.33.